The highest BCUT2D eigenvalue weighted by Crippen LogP contribution is 2.14. The first-order valence-electron chi connectivity index (χ1n) is 8.80. The van der Waals surface area contributed by atoms with E-state index in [0.29, 0.717) is 12.1 Å². The second kappa shape index (κ2) is 8.06. The molecule has 0 unspecified atom stereocenters. The van der Waals surface area contributed by atoms with E-state index in [1.54, 1.807) is 6.20 Å². The van der Waals surface area contributed by atoms with Gasteiger partial charge in [-0.05, 0) is 42.9 Å². The summed E-state index contributed by atoms with van der Waals surface area (Å²) in [7, 11) is -1.15. The van der Waals surface area contributed by atoms with Crippen LogP contribution in [-0.2, 0) is 16.4 Å². The van der Waals surface area contributed by atoms with E-state index >= 15 is 0 Å². The first-order chi connectivity index (χ1) is 12.8. The summed E-state index contributed by atoms with van der Waals surface area (Å²) in [4.78, 5) is 21.5. The van der Waals surface area contributed by atoms with E-state index in [1.807, 2.05) is 12.1 Å². The van der Waals surface area contributed by atoms with Gasteiger partial charge >= 0.3 is 0 Å². The molecular weight excluding hydrogens is 364 g/mol. The van der Waals surface area contributed by atoms with E-state index in [1.165, 1.54) is 24.3 Å². The van der Waals surface area contributed by atoms with Crippen LogP contribution in [0.5, 0.6) is 0 Å². The molecule has 1 aliphatic rings. The molecule has 1 aromatic carbocycles. The summed E-state index contributed by atoms with van der Waals surface area (Å²) in [5.74, 6) is 0.702. The Morgan fingerprint density at radius 3 is 2.30 bits per heavy atom. The number of amides is 1. The maximum Gasteiger partial charge on any atom is 0.251 e. The molecule has 1 N–H and O–H groups in total. The Morgan fingerprint density at radius 2 is 1.74 bits per heavy atom. The van der Waals surface area contributed by atoms with Crippen molar-refractivity contribution in [3.63, 3.8) is 0 Å². The van der Waals surface area contributed by atoms with Gasteiger partial charge in [0.25, 0.3) is 5.91 Å². The fraction of sp³-hybridized carbons (Fsp3) is 0.368. The molecule has 1 aliphatic heterocycles. The number of sulfone groups is 1. The second-order valence-electron chi connectivity index (χ2n) is 6.79. The molecule has 2 heterocycles. The molecule has 8 heteroatoms. The van der Waals surface area contributed by atoms with E-state index in [2.05, 4.69) is 27.1 Å². The van der Waals surface area contributed by atoms with Crippen LogP contribution in [0.1, 0.15) is 15.9 Å². The average molecular weight is 388 g/mol. The lowest BCUT2D eigenvalue weighted by molar-refractivity contribution is 0.0951. The lowest BCUT2D eigenvalue weighted by Gasteiger charge is -2.33. The van der Waals surface area contributed by atoms with Gasteiger partial charge in [-0.3, -0.25) is 4.79 Å². The summed E-state index contributed by atoms with van der Waals surface area (Å²) in [5, 5.41) is 2.83. The Labute approximate surface area is 159 Å². The van der Waals surface area contributed by atoms with Crippen LogP contribution in [-0.4, -0.2) is 63.7 Å². The predicted molar refractivity (Wildman–Crippen MR) is 105 cm³/mol. The Balaban J connectivity index is 1.56. The van der Waals surface area contributed by atoms with Crippen molar-refractivity contribution in [2.75, 3.05) is 44.4 Å². The molecule has 0 atom stereocenters. The third kappa shape index (κ3) is 5.05. The first kappa shape index (κ1) is 19.3. The molecule has 1 fully saturated rings. The molecule has 0 spiro atoms. The number of aromatic nitrogens is 1. The van der Waals surface area contributed by atoms with Crippen molar-refractivity contribution in [1.82, 2.24) is 15.2 Å². The molecule has 1 aromatic heterocycles. The predicted octanol–water partition coefficient (Wildman–Crippen LogP) is 1.17. The van der Waals surface area contributed by atoms with Gasteiger partial charge in [0.2, 0.25) is 0 Å². The summed E-state index contributed by atoms with van der Waals surface area (Å²) in [5.41, 5.74) is 1.33. The van der Waals surface area contributed by atoms with Crippen LogP contribution in [0.15, 0.2) is 47.5 Å². The lowest BCUT2D eigenvalue weighted by Crippen LogP contribution is -2.44. The fourth-order valence-electron chi connectivity index (χ4n) is 2.88. The molecular formula is C19H24N4O3S. The molecule has 0 saturated carbocycles. The lowest BCUT2D eigenvalue weighted by atomic mass is 10.2. The number of nitrogens with one attached hydrogen (secondary N) is 1. The molecule has 0 radical (unpaired) electrons. The summed E-state index contributed by atoms with van der Waals surface area (Å²) < 4.78 is 22.9. The molecule has 2 aromatic rings. The minimum absolute atomic E-state index is 0.197. The number of likely N-dealkylation sites (N-methyl/N-ethyl adjacent to an activating group) is 1. The molecule has 0 aliphatic carbocycles. The van der Waals surface area contributed by atoms with Crippen molar-refractivity contribution < 1.29 is 13.2 Å². The van der Waals surface area contributed by atoms with Crippen molar-refractivity contribution in [3.8, 4) is 0 Å². The van der Waals surface area contributed by atoms with Crippen molar-refractivity contribution in [2.45, 2.75) is 11.4 Å². The van der Waals surface area contributed by atoms with Gasteiger partial charge in [0, 0.05) is 50.7 Å². The van der Waals surface area contributed by atoms with E-state index in [4.69, 9.17) is 0 Å². The smallest absolute Gasteiger partial charge is 0.251 e. The van der Waals surface area contributed by atoms with E-state index < -0.39 is 9.84 Å². The summed E-state index contributed by atoms with van der Waals surface area (Å²) in [6, 6.07) is 9.86. The highest BCUT2D eigenvalue weighted by atomic mass is 32.2. The SMILES string of the molecule is CN1CCN(c2ccc(CNC(=O)c3ccc(S(C)(=O)=O)cc3)cn2)CC1. The summed E-state index contributed by atoms with van der Waals surface area (Å²) in [6.45, 7) is 4.34. The number of benzene rings is 1. The zero-order chi connectivity index (χ0) is 19.4. The molecule has 7 nitrogen and oxygen atoms in total. The molecule has 144 valence electrons. The monoisotopic (exact) mass is 388 g/mol. The van der Waals surface area contributed by atoms with Gasteiger partial charge in [-0.1, -0.05) is 6.07 Å². The van der Waals surface area contributed by atoms with Crippen molar-refractivity contribution in [3.05, 3.63) is 53.7 Å². The third-order valence-corrected chi connectivity index (χ3v) is 5.76. The Bertz CT molecular complexity index is 888. The molecule has 1 amide bonds. The van der Waals surface area contributed by atoms with Crippen LogP contribution in [0.3, 0.4) is 0 Å². The van der Waals surface area contributed by atoms with Crippen molar-refractivity contribution in [1.29, 1.82) is 0 Å². The topological polar surface area (TPSA) is 82.6 Å². The minimum atomic E-state index is -3.26. The number of carbonyl (C=O) groups excluding carboxylic acids is 1. The molecule has 27 heavy (non-hydrogen) atoms. The minimum Gasteiger partial charge on any atom is -0.354 e. The summed E-state index contributed by atoms with van der Waals surface area (Å²) in [6.07, 6.45) is 2.92. The van der Waals surface area contributed by atoms with Gasteiger partial charge in [0.05, 0.1) is 4.90 Å². The number of rotatable bonds is 5. The van der Waals surface area contributed by atoms with E-state index in [-0.39, 0.29) is 10.8 Å². The standard InChI is InChI=1S/C19H24N4O3S/c1-22-9-11-23(12-10-22)18-8-3-15(13-20-18)14-21-19(24)16-4-6-17(7-5-16)27(2,25)26/h3-8,13H,9-12,14H2,1-2H3,(H,21,24). The van der Waals surface area contributed by atoms with Crippen LogP contribution in [0.2, 0.25) is 0 Å². The van der Waals surface area contributed by atoms with Gasteiger partial charge in [0.15, 0.2) is 9.84 Å². The van der Waals surface area contributed by atoms with Crippen LogP contribution in [0.4, 0.5) is 5.82 Å². The highest BCUT2D eigenvalue weighted by molar-refractivity contribution is 7.90. The van der Waals surface area contributed by atoms with E-state index in [0.717, 1.165) is 43.8 Å². The zero-order valence-electron chi connectivity index (χ0n) is 15.6. The van der Waals surface area contributed by atoms with E-state index in [9.17, 15) is 13.2 Å². The van der Waals surface area contributed by atoms with Gasteiger partial charge in [-0.15, -0.1) is 0 Å². The van der Waals surface area contributed by atoms with Gasteiger partial charge in [-0.25, -0.2) is 13.4 Å². The second-order valence-corrected chi connectivity index (χ2v) is 8.81. The van der Waals surface area contributed by atoms with Gasteiger partial charge < -0.3 is 15.1 Å². The number of carbonyl (C=O) groups is 1. The number of piperazine rings is 1. The third-order valence-electron chi connectivity index (χ3n) is 4.63. The number of hydrogen-bond donors (Lipinski definition) is 1. The number of pyridine rings is 1. The summed E-state index contributed by atoms with van der Waals surface area (Å²) >= 11 is 0. The Morgan fingerprint density at radius 1 is 1.07 bits per heavy atom. The van der Waals surface area contributed by atoms with Crippen LogP contribution in [0.25, 0.3) is 0 Å². The Hall–Kier alpha value is -2.45. The van der Waals surface area contributed by atoms with Gasteiger partial charge in [0.1, 0.15) is 5.82 Å². The first-order valence-corrected chi connectivity index (χ1v) is 10.7. The molecule has 1 saturated heterocycles. The number of anilines is 1. The maximum absolute atomic E-state index is 12.2. The average Bonchev–Trinajstić information content (AvgIpc) is 2.66. The molecule has 0 bridgehead atoms. The van der Waals surface area contributed by atoms with Gasteiger partial charge in [-0.2, -0.15) is 0 Å². The van der Waals surface area contributed by atoms with Crippen LogP contribution < -0.4 is 10.2 Å². The fourth-order valence-corrected chi connectivity index (χ4v) is 3.51. The zero-order valence-corrected chi connectivity index (χ0v) is 16.4. The quantitative estimate of drug-likeness (QED) is 0.828. The van der Waals surface area contributed by atoms with Crippen LogP contribution >= 0.6 is 0 Å². The highest BCUT2D eigenvalue weighted by Gasteiger charge is 2.15. The normalized spacial score (nSPS) is 15.6. The van der Waals surface area contributed by atoms with Crippen LogP contribution in [0, 0.1) is 0 Å². The number of nitrogens with zero attached hydrogens (tertiary/aromatic N) is 3. The van der Waals surface area contributed by atoms with Crippen molar-refractivity contribution in [2.24, 2.45) is 0 Å². The molecule has 3 rings (SSSR count). The largest absolute Gasteiger partial charge is 0.354 e. The maximum atomic E-state index is 12.2. The van der Waals surface area contributed by atoms with Crippen molar-refractivity contribution >= 4 is 21.6 Å². The Kier molecular flexibility index (Phi) is 5.76. The number of hydrogen-bond acceptors (Lipinski definition) is 6.